The SMILES string of the molecule is CNN=c1c2ccccc2c(-c2ccc(-c3ccccc3)cc2)cn1C. The summed E-state index contributed by atoms with van der Waals surface area (Å²) in [6.45, 7) is 0. The minimum atomic E-state index is 0.924. The molecular weight excluding hydrogens is 318 g/mol. The monoisotopic (exact) mass is 339 g/mol. The largest absolute Gasteiger partial charge is 0.334 e. The molecule has 0 unspecified atom stereocenters. The predicted molar refractivity (Wildman–Crippen MR) is 108 cm³/mol. The summed E-state index contributed by atoms with van der Waals surface area (Å²) in [6.07, 6.45) is 2.15. The van der Waals surface area contributed by atoms with Crippen LogP contribution in [0.3, 0.4) is 0 Å². The Morgan fingerprint density at radius 1 is 0.692 bits per heavy atom. The first-order valence-electron chi connectivity index (χ1n) is 8.72. The Balaban J connectivity index is 1.88. The highest BCUT2D eigenvalue weighted by atomic mass is 15.3. The average Bonchev–Trinajstić information content (AvgIpc) is 2.71. The Hall–Kier alpha value is -3.33. The van der Waals surface area contributed by atoms with Crippen LogP contribution in [0.1, 0.15) is 0 Å². The summed E-state index contributed by atoms with van der Waals surface area (Å²) in [5.41, 5.74) is 8.70. The Kier molecular flexibility index (Phi) is 4.28. The Labute approximate surface area is 153 Å². The zero-order valence-corrected chi connectivity index (χ0v) is 15.0. The lowest BCUT2D eigenvalue weighted by Gasteiger charge is -2.12. The fraction of sp³-hybridized carbons (Fsp3) is 0.0870. The lowest BCUT2D eigenvalue weighted by molar-refractivity contribution is 0.767. The number of hydrogen-bond acceptors (Lipinski definition) is 2. The van der Waals surface area contributed by atoms with Gasteiger partial charge < -0.3 is 9.99 Å². The highest BCUT2D eigenvalue weighted by Crippen LogP contribution is 2.29. The Morgan fingerprint density at radius 3 is 1.96 bits per heavy atom. The van der Waals surface area contributed by atoms with Gasteiger partial charge in [0, 0.05) is 31.2 Å². The maximum absolute atomic E-state index is 4.44. The molecule has 0 saturated carbocycles. The van der Waals surface area contributed by atoms with Crippen molar-refractivity contribution in [3.63, 3.8) is 0 Å². The molecular formula is C23H21N3. The molecule has 0 aliphatic heterocycles. The lowest BCUT2D eigenvalue weighted by Crippen LogP contribution is -2.21. The molecule has 0 fully saturated rings. The van der Waals surface area contributed by atoms with E-state index in [1.54, 1.807) is 0 Å². The molecule has 3 heteroatoms. The van der Waals surface area contributed by atoms with Crippen molar-refractivity contribution >= 4 is 10.8 Å². The quantitative estimate of drug-likeness (QED) is 0.545. The first-order chi connectivity index (χ1) is 12.8. The van der Waals surface area contributed by atoms with Crippen LogP contribution < -0.4 is 10.9 Å². The molecule has 4 aromatic rings. The minimum Gasteiger partial charge on any atom is -0.334 e. The number of nitrogens with one attached hydrogen (secondary N) is 1. The number of fused-ring (bicyclic) bond motifs is 1. The summed E-state index contributed by atoms with van der Waals surface area (Å²) in [4.78, 5) is 0. The van der Waals surface area contributed by atoms with Crippen molar-refractivity contribution in [2.45, 2.75) is 0 Å². The second kappa shape index (κ2) is 6.89. The topological polar surface area (TPSA) is 29.3 Å². The van der Waals surface area contributed by atoms with Gasteiger partial charge in [-0.15, -0.1) is 0 Å². The van der Waals surface area contributed by atoms with Gasteiger partial charge in [0.05, 0.1) is 0 Å². The van der Waals surface area contributed by atoms with E-state index in [0.717, 1.165) is 10.9 Å². The molecule has 0 atom stereocenters. The van der Waals surface area contributed by atoms with Crippen molar-refractivity contribution in [3.8, 4) is 22.3 Å². The summed E-state index contributed by atoms with van der Waals surface area (Å²) >= 11 is 0. The van der Waals surface area contributed by atoms with Gasteiger partial charge in [-0.05, 0) is 22.1 Å². The molecule has 1 N–H and O–H groups in total. The molecule has 0 spiro atoms. The number of pyridine rings is 1. The predicted octanol–water partition coefficient (Wildman–Crippen LogP) is 4.55. The third kappa shape index (κ3) is 2.88. The maximum atomic E-state index is 4.44. The second-order valence-electron chi connectivity index (χ2n) is 6.30. The fourth-order valence-corrected chi connectivity index (χ4v) is 3.38. The molecule has 3 nitrogen and oxygen atoms in total. The van der Waals surface area contributed by atoms with Crippen LogP contribution in [0.25, 0.3) is 33.0 Å². The molecule has 0 radical (unpaired) electrons. The molecule has 0 aliphatic rings. The van der Waals surface area contributed by atoms with Gasteiger partial charge in [-0.3, -0.25) is 0 Å². The van der Waals surface area contributed by atoms with E-state index in [-0.39, 0.29) is 0 Å². The van der Waals surface area contributed by atoms with Crippen LogP contribution in [0.15, 0.2) is 90.2 Å². The zero-order chi connectivity index (χ0) is 17.9. The lowest BCUT2D eigenvalue weighted by atomic mass is 9.98. The third-order valence-corrected chi connectivity index (χ3v) is 4.64. The van der Waals surface area contributed by atoms with E-state index >= 15 is 0 Å². The number of rotatable bonds is 3. The zero-order valence-electron chi connectivity index (χ0n) is 15.0. The van der Waals surface area contributed by atoms with E-state index in [1.165, 1.54) is 27.6 Å². The van der Waals surface area contributed by atoms with Crippen LogP contribution in [0.2, 0.25) is 0 Å². The van der Waals surface area contributed by atoms with Crippen molar-refractivity contribution in [2.75, 3.05) is 7.05 Å². The Morgan fingerprint density at radius 2 is 1.27 bits per heavy atom. The van der Waals surface area contributed by atoms with Crippen LogP contribution in [0.4, 0.5) is 0 Å². The van der Waals surface area contributed by atoms with Gasteiger partial charge in [-0.1, -0.05) is 78.9 Å². The van der Waals surface area contributed by atoms with E-state index in [9.17, 15) is 0 Å². The molecule has 1 aromatic heterocycles. The molecule has 4 rings (SSSR count). The number of nitrogens with zero attached hydrogens (tertiary/aromatic N) is 2. The fourth-order valence-electron chi connectivity index (χ4n) is 3.38. The van der Waals surface area contributed by atoms with Gasteiger partial charge in [0.1, 0.15) is 0 Å². The molecule has 0 bridgehead atoms. The summed E-state index contributed by atoms with van der Waals surface area (Å²) in [7, 11) is 3.86. The van der Waals surface area contributed by atoms with Gasteiger partial charge in [0.25, 0.3) is 0 Å². The van der Waals surface area contributed by atoms with E-state index in [4.69, 9.17) is 0 Å². The second-order valence-corrected chi connectivity index (χ2v) is 6.30. The minimum absolute atomic E-state index is 0.924. The number of aromatic nitrogens is 1. The van der Waals surface area contributed by atoms with Crippen molar-refractivity contribution in [1.82, 2.24) is 9.99 Å². The van der Waals surface area contributed by atoms with Crippen molar-refractivity contribution in [3.05, 3.63) is 90.5 Å². The molecule has 26 heavy (non-hydrogen) atoms. The molecule has 1 heterocycles. The van der Waals surface area contributed by atoms with E-state index in [1.807, 2.05) is 20.2 Å². The number of aryl methyl sites for hydroxylation is 1. The smallest absolute Gasteiger partial charge is 0.160 e. The highest BCUT2D eigenvalue weighted by Gasteiger charge is 2.08. The van der Waals surface area contributed by atoms with Crippen LogP contribution in [0.5, 0.6) is 0 Å². The highest BCUT2D eigenvalue weighted by molar-refractivity contribution is 5.95. The molecule has 0 amide bonds. The Bertz CT molecular complexity index is 1110. The van der Waals surface area contributed by atoms with Crippen LogP contribution in [-0.4, -0.2) is 11.6 Å². The van der Waals surface area contributed by atoms with Crippen molar-refractivity contribution < 1.29 is 0 Å². The van der Waals surface area contributed by atoms with E-state index < -0.39 is 0 Å². The average molecular weight is 339 g/mol. The summed E-state index contributed by atoms with van der Waals surface area (Å²) < 4.78 is 2.07. The first-order valence-corrected chi connectivity index (χ1v) is 8.72. The molecule has 3 aromatic carbocycles. The first kappa shape index (κ1) is 16.2. The summed E-state index contributed by atoms with van der Waals surface area (Å²) in [6, 6.07) is 27.6. The summed E-state index contributed by atoms with van der Waals surface area (Å²) in [5.74, 6) is 0. The van der Waals surface area contributed by atoms with Gasteiger partial charge >= 0.3 is 0 Å². The third-order valence-electron chi connectivity index (χ3n) is 4.64. The number of benzene rings is 3. The van der Waals surface area contributed by atoms with E-state index in [2.05, 4.69) is 94.1 Å². The van der Waals surface area contributed by atoms with Crippen molar-refractivity contribution in [2.24, 2.45) is 12.1 Å². The molecule has 0 saturated heterocycles. The summed E-state index contributed by atoms with van der Waals surface area (Å²) in [5, 5.41) is 6.77. The van der Waals surface area contributed by atoms with Gasteiger partial charge in [-0.25, -0.2) is 0 Å². The molecule has 0 aliphatic carbocycles. The van der Waals surface area contributed by atoms with E-state index in [0.29, 0.717) is 0 Å². The van der Waals surface area contributed by atoms with Crippen LogP contribution in [0, 0.1) is 0 Å². The molecule has 128 valence electrons. The maximum Gasteiger partial charge on any atom is 0.160 e. The number of hydrogen-bond donors (Lipinski definition) is 1. The van der Waals surface area contributed by atoms with Gasteiger partial charge in [0.2, 0.25) is 0 Å². The van der Waals surface area contributed by atoms with Gasteiger partial charge in [0.15, 0.2) is 5.49 Å². The van der Waals surface area contributed by atoms with Gasteiger partial charge in [-0.2, -0.15) is 5.10 Å². The van der Waals surface area contributed by atoms with Crippen molar-refractivity contribution in [1.29, 1.82) is 0 Å². The van der Waals surface area contributed by atoms with Crippen LogP contribution in [-0.2, 0) is 7.05 Å². The normalized spacial score (nSPS) is 11.7. The standard InChI is InChI=1S/C23H21N3/c1-24-25-23-21-11-7-6-10-20(21)22(16-26(23)2)19-14-12-18(13-15-19)17-8-4-3-5-9-17/h3-16,24H,1-2H3. The van der Waals surface area contributed by atoms with Crippen LogP contribution >= 0.6 is 0 Å².